The summed E-state index contributed by atoms with van der Waals surface area (Å²) in [5.74, 6) is -0.0443. The summed E-state index contributed by atoms with van der Waals surface area (Å²) in [6.07, 6.45) is 4.74. The SMILES string of the molecule is CCCCCN(C(=O)c1cnc(Cl)c(Cl)c1)C(C)C. The summed E-state index contributed by atoms with van der Waals surface area (Å²) in [6.45, 7) is 6.92. The molecule has 1 heterocycles. The van der Waals surface area contributed by atoms with Crippen LogP contribution in [-0.2, 0) is 0 Å². The molecule has 0 aliphatic carbocycles. The molecule has 5 heteroatoms. The standard InChI is InChI=1S/C14H20Cl2N2O/c1-4-5-6-7-18(10(2)3)14(19)11-8-12(15)13(16)17-9-11/h8-10H,4-7H2,1-3H3. The van der Waals surface area contributed by atoms with Crippen LogP contribution in [0.25, 0.3) is 0 Å². The fourth-order valence-corrected chi connectivity index (χ4v) is 2.10. The third-order valence-corrected chi connectivity index (χ3v) is 3.62. The highest BCUT2D eigenvalue weighted by molar-refractivity contribution is 6.41. The second kappa shape index (κ2) is 7.71. The van der Waals surface area contributed by atoms with Gasteiger partial charge in [-0.05, 0) is 26.3 Å². The number of hydrogen-bond donors (Lipinski definition) is 0. The van der Waals surface area contributed by atoms with Gasteiger partial charge in [0.05, 0.1) is 10.6 Å². The zero-order valence-corrected chi connectivity index (χ0v) is 13.1. The largest absolute Gasteiger partial charge is 0.336 e. The number of amides is 1. The van der Waals surface area contributed by atoms with Crippen LogP contribution >= 0.6 is 23.2 Å². The van der Waals surface area contributed by atoms with Crippen molar-refractivity contribution in [2.24, 2.45) is 0 Å². The van der Waals surface area contributed by atoms with Crippen LogP contribution in [0.4, 0.5) is 0 Å². The lowest BCUT2D eigenvalue weighted by Crippen LogP contribution is -2.37. The summed E-state index contributed by atoms with van der Waals surface area (Å²) in [7, 11) is 0. The Labute approximate surface area is 124 Å². The van der Waals surface area contributed by atoms with Crippen LogP contribution in [-0.4, -0.2) is 28.4 Å². The van der Waals surface area contributed by atoms with Gasteiger partial charge in [-0.2, -0.15) is 0 Å². The minimum atomic E-state index is -0.0443. The average molecular weight is 303 g/mol. The van der Waals surface area contributed by atoms with Crippen molar-refractivity contribution in [3.8, 4) is 0 Å². The Morgan fingerprint density at radius 2 is 2.05 bits per heavy atom. The van der Waals surface area contributed by atoms with Crippen molar-refractivity contribution in [2.75, 3.05) is 6.54 Å². The van der Waals surface area contributed by atoms with Gasteiger partial charge < -0.3 is 4.90 Å². The summed E-state index contributed by atoms with van der Waals surface area (Å²) < 4.78 is 0. The molecule has 3 nitrogen and oxygen atoms in total. The van der Waals surface area contributed by atoms with Crippen molar-refractivity contribution in [1.29, 1.82) is 0 Å². The molecule has 1 amide bonds. The van der Waals surface area contributed by atoms with Crippen LogP contribution in [0.5, 0.6) is 0 Å². The van der Waals surface area contributed by atoms with E-state index in [1.54, 1.807) is 6.07 Å². The number of hydrogen-bond acceptors (Lipinski definition) is 2. The minimum absolute atomic E-state index is 0.0443. The Balaban J connectivity index is 2.83. The molecule has 0 N–H and O–H groups in total. The molecular weight excluding hydrogens is 283 g/mol. The van der Waals surface area contributed by atoms with E-state index in [1.165, 1.54) is 6.20 Å². The average Bonchev–Trinajstić information content (AvgIpc) is 2.37. The van der Waals surface area contributed by atoms with Gasteiger partial charge in [-0.1, -0.05) is 43.0 Å². The maximum atomic E-state index is 12.4. The van der Waals surface area contributed by atoms with E-state index in [2.05, 4.69) is 11.9 Å². The Bertz CT molecular complexity index is 435. The maximum absolute atomic E-state index is 12.4. The van der Waals surface area contributed by atoms with Crippen LogP contribution in [0.15, 0.2) is 12.3 Å². The molecule has 0 aliphatic heterocycles. The summed E-state index contributed by atoms with van der Waals surface area (Å²) >= 11 is 11.7. The van der Waals surface area contributed by atoms with Gasteiger partial charge in [-0.3, -0.25) is 4.79 Å². The first-order valence-corrected chi connectivity index (χ1v) is 7.35. The van der Waals surface area contributed by atoms with E-state index < -0.39 is 0 Å². The molecule has 0 aromatic carbocycles. The van der Waals surface area contributed by atoms with Crippen molar-refractivity contribution < 1.29 is 4.79 Å². The number of pyridine rings is 1. The second-order valence-electron chi connectivity index (χ2n) is 4.80. The van der Waals surface area contributed by atoms with E-state index in [1.807, 2.05) is 18.7 Å². The predicted octanol–water partition coefficient (Wildman–Crippen LogP) is 4.43. The van der Waals surface area contributed by atoms with Gasteiger partial charge in [0.1, 0.15) is 5.15 Å². The van der Waals surface area contributed by atoms with E-state index in [9.17, 15) is 4.79 Å². The molecule has 0 unspecified atom stereocenters. The number of nitrogens with zero attached hydrogens (tertiary/aromatic N) is 2. The molecule has 0 radical (unpaired) electrons. The van der Waals surface area contributed by atoms with Gasteiger partial charge in [0.25, 0.3) is 5.91 Å². The van der Waals surface area contributed by atoms with Gasteiger partial charge in [0, 0.05) is 18.8 Å². The molecule has 0 spiro atoms. The number of rotatable bonds is 6. The molecule has 0 fully saturated rings. The normalized spacial score (nSPS) is 10.8. The number of aromatic nitrogens is 1. The van der Waals surface area contributed by atoms with Crippen molar-refractivity contribution in [1.82, 2.24) is 9.88 Å². The Hall–Kier alpha value is -0.800. The number of carbonyl (C=O) groups excluding carboxylic acids is 1. The van der Waals surface area contributed by atoms with Crippen LogP contribution in [0.2, 0.25) is 10.2 Å². The van der Waals surface area contributed by atoms with Crippen molar-refractivity contribution in [2.45, 2.75) is 46.1 Å². The van der Waals surface area contributed by atoms with Crippen LogP contribution in [0.1, 0.15) is 50.4 Å². The molecule has 0 aliphatic rings. The van der Waals surface area contributed by atoms with Crippen LogP contribution in [0.3, 0.4) is 0 Å². The van der Waals surface area contributed by atoms with E-state index >= 15 is 0 Å². The smallest absolute Gasteiger partial charge is 0.255 e. The third-order valence-electron chi connectivity index (χ3n) is 2.93. The minimum Gasteiger partial charge on any atom is -0.336 e. The van der Waals surface area contributed by atoms with E-state index in [4.69, 9.17) is 23.2 Å². The second-order valence-corrected chi connectivity index (χ2v) is 5.56. The highest BCUT2D eigenvalue weighted by Gasteiger charge is 2.19. The first-order valence-electron chi connectivity index (χ1n) is 6.59. The van der Waals surface area contributed by atoms with Crippen molar-refractivity contribution in [3.63, 3.8) is 0 Å². The summed E-state index contributed by atoms with van der Waals surface area (Å²) in [6, 6.07) is 1.73. The first-order chi connectivity index (χ1) is 8.97. The zero-order valence-electron chi connectivity index (χ0n) is 11.6. The molecule has 0 atom stereocenters. The predicted molar refractivity (Wildman–Crippen MR) is 80.0 cm³/mol. The fourth-order valence-electron chi connectivity index (χ4n) is 1.83. The number of halogens is 2. The molecule has 1 aromatic heterocycles. The van der Waals surface area contributed by atoms with Crippen LogP contribution in [0, 0.1) is 0 Å². The van der Waals surface area contributed by atoms with Gasteiger partial charge in [-0.15, -0.1) is 0 Å². The lowest BCUT2D eigenvalue weighted by atomic mass is 10.1. The Kier molecular flexibility index (Phi) is 6.59. The number of unbranched alkanes of at least 4 members (excludes halogenated alkanes) is 2. The van der Waals surface area contributed by atoms with Gasteiger partial charge >= 0.3 is 0 Å². The molecule has 106 valence electrons. The summed E-state index contributed by atoms with van der Waals surface area (Å²) in [5.41, 5.74) is 0.486. The van der Waals surface area contributed by atoms with E-state index in [0.717, 1.165) is 25.8 Å². The molecule has 0 saturated carbocycles. The molecule has 1 rings (SSSR count). The van der Waals surface area contributed by atoms with Gasteiger partial charge in [0.15, 0.2) is 0 Å². The molecule has 1 aromatic rings. The van der Waals surface area contributed by atoms with Gasteiger partial charge in [0.2, 0.25) is 0 Å². The first kappa shape index (κ1) is 16.3. The highest BCUT2D eigenvalue weighted by Crippen LogP contribution is 2.21. The Morgan fingerprint density at radius 1 is 1.37 bits per heavy atom. The molecule has 0 saturated heterocycles. The zero-order chi connectivity index (χ0) is 14.4. The summed E-state index contributed by atoms with van der Waals surface area (Å²) in [5, 5.41) is 0.532. The third kappa shape index (κ3) is 4.66. The van der Waals surface area contributed by atoms with Crippen molar-refractivity contribution >= 4 is 29.1 Å². The summed E-state index contributed by atoms with van der Waals surface area (Å²) in [4.78, 5) is 18.2. The quantitative estimate of drug-likeness (QED) is 0.575. The fraction of sp³-hybridized carbons (Fsp3) is 0.571. The number of carbonyl (C=O) groups is 1. The lowest BCUT2D eigenvalue weighted by Gasteiger charge is -2.26. The van der Waals surface area contributed by atoms with Crippen LogP contribution < -0.4 is 0 Å². The van der Waals surface area contributed by atoms with E-state index in [-0.39, 0.29) is 17.1 Å². The molecule has 19 heavy (non-hydrogen) atoms. The monoisotopic (exact) mass is 302 g/mol. The molecule has 0 bridgehead atoms. The highest BCUT2D eigenvalue weighted by atomic mass is 35.5. The van der Waals surface area contributed by atoms with Crippen molar-refractivity contribution in [3.05, 3.63) is 28.0 Å². The lowest BCUT2D eigenvalue weighted by molar-refractivity contribution is 0.0702. The molecular formula is C14H20Cl2N2O. The maximum Gasteiger partial charge on any atom is 0.255 e. The van der Waals surface area contributed by atoms with E-state index in [0.29, 0.717) is 10.6 Å². The Morgan fingerprint density at radius 3 is 2.58 bits per heavy atom. The van der Waals surface area contributed by atoms with Gasteiger partial charge in [-0.25, -0.2) is 4.98 Å². The topological polar surface area (TPSA) is 33.2 Å².